The van der Waals surface area contributed by atoms with Crippen LogP contribution in [0.15, 0.2) is 23.7 Å². The van der Waals surface area contributed by atoms with Gasteiger partial charge in [-0.05, 0) is 105 Å². The number of hydrogen-bond acceptors (Lipinski definition) is 5. The molecule has 4 rings (SSSR count). The van der Waals surface area contributed by atoms with Gasteiger partial charge in [0.1, 0.15) is 12.4 Å². The maximum atomic E-state index is 13.2. The van der Waals surface area contributed by atoms with E-state index in [-0.39, 0.29) is 35.2 Å². The molecule has 202 valence electrons. The van der Waals surface area contributed by atoms with Crippen molar-refractivity contribution in [2.75, 3.05) is 13.2 Å². The Morgan fingerprint density at radius 3 is 2.58 bits per heavy atom. The van der Waals surface area contributed by atoms with Gasteiger partial charge in [0.05, 0.1) is 24.2 Å². The molecule has 7 unspecified atom stereocenters. The Morgan fingerprint density at radius 2 is 1.86 bits per heavy atom. The third-order valence-corrected chi connectivity index (χ3v) is 10.5. The number of carbonyl (C=O) groups is 2. The number of carbonyl (C=O) groups excluding carboxylic acids is 2. The van der Waals surface area contributed by atoms with E-state index in [2.05, 4.69) is 13.8 Å². The van der Waals surface area contributed by atoms with Crippen LogP contribution >= 0.6 is 0 Å². The van der Waals surface area contributed by atoms with E-state index in [9.17, 15) is 14.7 Å². The SMILES string of the molecule is CCO/C(C)=C/C=C(\CC)OCC(=O)C1CCC2C3CCC4CC(=O)CCC4(C)C3[C@@H](O)CC2(C)C1. The average molecular weight is 501 g/mol. The molecule has 0 heterocycles. The van der Waals surface area contributed by atoms with Crippen LogP contribution < -0.4 is 0 Å². The first kappa shape index (κ1) is 27.4. The molecule has 4 aliphatic rings. The standard InChI is InChI=1S/C31H48O5/c1-6-24(11-8-20(3)35-7-2)36-19-28(34)21-9-13-26-25-12-10-22-16-23(32)14-15-31(22,5)29(25)27(33)18-30(26,4)17-21/h8,11,21-22,25-27,29,33H,6-7,9-10,12-19H2,1-5H3/b20-8+,24-11+/t21?,22?,25?,26?,27-,29?,30?,31?/m0/s1. The quantitative estimate of drug-likeness (QED) is 0.309. The molecule has 4 aliphatic carbocycles. The molecular formula is C31H48O5. The molecule has 0 spiro atoms. The fourth-order valence-corrected chi connectivity index (χ4v) is 8.76. The van der Waals surface area contributed by atoms with Gasteiger partial charge in [0.25, 0.3) is 0 Å². The zero-order valence-corrected chi connectivity index (χ0v) is 23.2. The highest BCUT2D eigenvalue weighted by Crippen LogP contribution is 2.65. The Morgan fingerprint density at radius 1 is 1.08 bits per heavy atom. The Hall–Kier alpha value is -1.62. The van der Waals surface area contributed by atoms with Gasteiger partial charge < -0.3 is 14.6 Å². The van der Waals surface area contributed by atoms with E-state index < -0.39 is 0 Å². The van der Waals surface area contributed by atoms with Crippen molar-refractivity contribution in [1.29, 1.82) is 0 Å². The second kappa shape index (κ2) is 11.0. The molecule has 0 bridgehead atoms. The minimum Gasteiger partial charge on any atom is -0.499 e. The van der Waals surface area contributed by atoms with E-state index in [1.54, 1.807) is 0 Å². The van der Waals surface area contributed by atoms with Crippen LogP contribution in [0.5, 0.6) is 0 Å². The molecule has 0 aromatic heterocycles. The number of hydrogen-bond donors (Lipinski definition) is 1. The Labute approximate surface area is 218 Å². The van der Waals surface area contributed by atoms with Gasteiger partial charge in [-0.15, -0.1) is 0 Å². The first-order valence-corrected chi connectivity index (χ1v) is 14.5. The van der Waals surface area contributed by atoms with Gasteiger partial charge in [-0.1, -0.05) is 20.8 Å². The number of rotatable bonds is 8. The van der Waals surface area contributed by atoms with E-state index in [1.165, 1.54) is 0 Å². The van der Waals surface area contributed by atoms with Crippen molar-refractivity contribution in [3.05, 3.63) is 23.7 Å². The van der Waals surface area contributed by atoms with E-state index in [1.807, 2.05) is 32.9 Å². The zero-order chi connectivity index (χ0) is 26.1. The van der Waals surface area contributed by atoms with Crippen LogP contribution in [0.25, 0.3) is 0 Å². The molecule has 0 amide bonds. The number of aliphatic hydroxyl groups is 1. The smallest absolute Gasteiger partial charge is 0.173 e. The second-order valence-electron chi connectivity index (χ2n) is 12.7. The number of ketones is 2. The summed E-state index contributed by atoms with van der Waals surface area (Å²) in [7, 11) is 0. The summed E-state index contributed by atoms with van der Waals surface area (Å²) in [5.41, 5.74) is 0.0730. The largest absolute Gasteiger partial charge is 0.499 e. The van der Waals surface area contributed by atoms with Crippen LogP contribution in [-0.2, 0) is 19.1 Å². The minimum absolute atomic E-state index is 0.00634. The van der Waals surface area contributed by atoms with E-state index in [0.717, 1.165) is 62.9 Å². The van der Waals surface area contributed by atoms with Crippen molar-refractivity contribution in [2.45, 2.75) is 105 Å². The van der Waals surface area contributed by atoms with Crippen molar-refractivity contribution in [1.82, 2.24) is 0 Å². The molecule has 0 aromatic rings. The van der Waals surface area contributed by atoms with Crippen molar-refractivity contribution in [2.24, 2.45) is 40.4 Å². The summed E-state index contributed by atoms with van der Waals surface area (Å²) >= 11 is 0. The molecular weight excluding hydrogens is 452 g/mol. The van der Waals surface area contributed by atoms with Crippen LogP contribution in [0.3, 0.4) is 0 Å². The number of ether oxygens (including phenoxy) is 2. The molecule has 0 aliphatic heterocycles. The van der Waals surface area contributed by atoms with Crippen molar-refractivity contribution >= 4 is 11.6 Å². The van der Waals surface area contributed by atoms with Gasteiger partial charge in [0.15, 0.2) is 5.78 Å². The lowest BCUT2D eigenvalue weighted by atomic mass is 9.42. The van der Waals surface area contributed by atoms with E-state index in [4.69, 9.17) is 9.47 Å². The molecule has 1 N–H and O–H groups in total. The number of aliphatic hydroxyl groups excluding tert-OH is 1. The van der Waals surface area contributed by atoms with Crippen LogP contribution in [0.1, 0.15) is 98.8 Å². The van der Waals surface area contributed by atoms with Crippen LogP contribution in [0, 0.1) is 40.4 Å². The topological polar surface area (TPSA) is 72.8 Å². The summed E-state index contributed by atoms with van der Waals surface area (Å²) in [5, 5.41) is 11.5. The zero-order valence-electron chi connectivity index (χ0n) is 23.2. The molecule has 5 nitrogen and oxygen atoms in total. The summed E-state index contributed by atoms with van der Waals surface area (Å²) in [6.07, 6.45) is 12.4. The highest BCUT2D eigenvalue weighted by molar-refractivity contribution is 5.82. The number of allylic oxidation sites excluding steroid dienone is 4. The van der Waals surface area contributed by atoms with Gasteiger partial charge >= 0.3 is 0 Å². The second-order valence-corrected chi connectivity index (χ2v) is 12.7. The van der Waals surface area contributed by atoms with Crippen LogP contribution in [0.4, 0.5) is 0 Å². The molecule has 5 heteroatoms. The summed E-state index contributed by atoms with van der Waals surface area (Å²) in [4.78, 5) is 25.4. The number of Topliss-reactive ketones (excluding diaryl/α,β-unsaturated/α-hetero) is 2. The van der Waals surface area contributed by atoms with Crippen molar-refractivity contribution < 1.29 is 24.2 Å². The van der Waals surface area contributed by atoms with Crippen LogP contribution in [-0.4, -0.2) is 36.0 Å². The summed E-state index contributed by atoms with van der Waals surface area (Å²) in [6, 6.07) is 0. The lowest BCUT2D eigenvalue weighted by Crippen LogP contribution is -2.60. The Bertz CT molecular complexity index is 889. The fraction of sp³-hybridized carbons (Fsp3) is 0.806. The average Bonchev–Trinajstić information content (AvgIpc) is 2.83. The molecule has 4 fully saturated rings. The normalized spacial score (nSPS) is 41.1. The predicted molar refractivity (Wildman–Crippen MR) is 141 cm³/mol. The Balaban J connectivity index is 1.40. The number of fused-ring (bicyclic) bond motifs is 5. The fourth-order valence-electron chi connectivity index (χ4n) is 8.76. The van der Waals surface area contributed by atoms with Gasteiger partial charge in [-0.2, -0.15) is 0 Å². The highest BCUT2D eigenvalue weighted by Gasteiger charge is 2.61. The summed E-state index contributed by atoms with van der Waals surface area (Å²) in [6.45, 7) is 11.4. The predicted octanol–water partition coefficient (Wildman–Crippen LogP) is 6.40. The van der Waals surface area contributed by atoms with Gasteiger partial charge in [0, 0.05) is 25.2 Å². The van der Waals surface area contributed by atoms with E-state index >= 15 is 0 Å². The molecule has 4 saturated carbocycles. The van der Waals surface area contributed by atoms with Crippen molar-refractivity contribution in [3.63, 3.8) is 0 Å². The van der Waals surface area contributed by atoms with E-state index in [0.29, 0.717) is 48.9 Å². The Kier molecular flexibility index (Phi) is 8.38. The molecule has 36 heavy (non-hydrogen) atoms. The first-order valence-electron chi connectivity index (χ1n) is 14.5. The molecule has 0 saturated heterocycles. The van der Waals surface area contributed by atoms with Gasteiger partial charge in [-0.25, -0.2) is 0 Å². The highest BCUT2D eigenvalue weighted by atomic mass is 16.5. The third-order valence-electron chi connectivity index (χ3n) is 10.5. The van der Waals surface area contributed by atoms with Crippen molar-refractivity contribution in [3.8, 4) is 0 Å². The molecule has 8 atom stereocenters. The lowest BCUT2D eigenvalue weighted by Gasteiger charge is -2.63. The maximum Gasteiger partial charge on any atom is 0.173 e. The van der Waals surface area contributed by atoms with Gasteiger partial charge in [-0.3, -0.25) is 9.59 Å². The summed E-state index contributed by atoms with van der Waals surface area (Å²) < 4.78 is 11.4. The molecule has 0 aromatic carbocycles. The summed E-state index contributed by atoms with van der Waals surface area (Å²) in [5.74, 6) is 4.04. The van der Waals surface area contributed by atoms with Gasteiger partial charge in [0.2, 0.25) is 0 Å². The monoisotopic (exact) mass is 500 g/mol. The lowest BCUT2D eigenvalue weighted by molar-refractivity contribution is -0.185. The third kappa shape index (κ3) is 5.33. The van der Waals surface area contributed by atoms with Crippen LogP contribution in [0.2, 0.25) is 0 Å². The molecule has 0 radical (unpaired) electrons. The first-order chi connectivity index (χ1) is 17.1. The maximum absolute atomic E-state index is 13.2. The minimum atomic E-state index is -0.336.